The van der Waals surface area contributed by atoms with Crippen LogP contribution in [0.15, 0.2) is 4.99 Å². The molecule has 3 heteroatoms. The first-order valence-corrected chi connectivity index (χ1v) is 5.93. The van der Waals surface area contributed by atoms with Gasteiger partial charge in [0.2, 0.25) is 0 Å². The average Bonchev–Trinajstić information content (AvgIpc) is 2.70. The van der Waals surface area contributed by atoms with Gasteiger partial charge in [0.05, 0.1) is 0 Å². The van der Waals surface area contributed by atoms with Gasteiger partial charge >= 0.3 is 0 Å². The van der Waals surface area contributed by atoms with E-state index in [1.54, 1.807) is 0 Å². The summed E-state index contributed by atoms with van der Waals surface area (Å²) in [5.41, 5.74) is 0. The van der Waals surface area contributed by atoms with Crippen molar-refractivity contribution in [2.45, 2.75) is 45.6 Å². The first-order chi connectivity index (χ1) is 7.20. The van der Waals surface area contributed by atoms with Crippen LogP contribution in [0.1, 0.15) is 39.5 Å². The van der Waals surface area contributed by atoms with Gasteiger partial charge in [-0.3, -0.25) is 4.79 Å². The number of hydrogen-bond acceptors (Lipinski definition) is 3. The molecule has 3 atom stereocenters. The summed E-state index contributed by atoms with van der Waals surface area (Å²) in [6, 6.07) is -0.188. The van der Waals surface area contributed by atoms with Crippen LogP contribution in [0.2, 0.25) is 0 Å². The van der Waals surface area contributed by atoms with E-state index in [9.17, 15) is 4.79 Å². The molecule has 0 amide bonds. The van der Waals surface area contributed by atoms with Gasteiger partial charge in [0, 0.05) is 12.8 Å². The second kappa shape index (κ2) is 4.33. The van der Waals surface area contributed by atoms with Gasteiger partial charge in [-0.05, 0) is 18.3 Å². The Labute approximate surface area is 90.9 Å². The van der Waals surface area contributed by atoms with Crippen molar-refractivity contribution < 1.29 is 9.53 Å². The second-order valence-corrected chi connectivity index (χ2v) is 4.70. The molecule has 0 N–H and O–H groups in total. The summed E-state index contributed by atoms with van der Waals surface area (Å²) >= 11 is 0. The van der Waals surface area contributed by atoms with Crippen LogP contribution in [0.5, 0.6) is 0 Å². The molecule has 0 spiro atoms. The summed E-state index contributed by atoms with van der Waals surface area (Å²) in [4.78, 5) is 16.2. The quantitative estimate of drug-likeness (QED) is 0.699. The molecule has 3 unspecified atom stereocenters. The first-order valence-electron chi connectivity index (χ1n) is 5.93. The predicted octanol–water partition coefficient (Wildman–Crippen LogP) is 2.20. The van der Waals surface area contributed by atoms with E-state index in [-0.39, 0.29) is 11.8 Å². The maximum absolute atomic E-state index is 11.9. The highest BCUT2D eigenvalue weighted by molar-refractivity contribution is 5.90. The van der Waals surface area contributed by atoms with Crippen molar-refractivity contribution in [3.63, 3.8) is 0 Å². The van der Waals surface area contributed by atoms with E-state index in [4.69, 9.17) is 4.74 Å². The van der Waals surface area contributed by atoms with Crippen LogP contribution in [0.3, 0.4) is 0 Å². The SMILES string of the molecule is CCC(C)C1CCC2=NC(CO2)C(=O)C1. The van der Waals surface area contributed by atoms with Crippen molar-refractivity contribution >= 4 is 11.7 Å². The molecule has 2 heterocycles. The van der Waals surface area contributed by atoms with E-state index < -0.39 is 0 Å². The zero-order valence-electron chi connectivity index (χ0n) is 9.53. The van der Waals surface area contributed by atoms with E-state index in [2.05, 4.69) is 18.8 Å². The highest BCUT2D eigenvalue weighted by Gasteiger charge is 2.32. The molecule has 0 aromatic rings. The van der Waals surface area contributed by atoms with Crippen molar-refractivity contribution in [1.29, 1.82) is 0 Å². The van der Waals surface area contributed by atoms with Gasteiger partial charge in [0.1, 0.15) is 12.6 Å². The Morgan fingerprint density at radius 1 is 1.60 bits per heavy atom. The maximum atomic E-state index is 11.9. The Morgan fingerprint density at radius 3 is 3.13 bits per heavy atom. The molecule has 2 aliphatic heterocycles. The monoisotopic (exact) mass is 209 g/mol. The molecule has 3 nitrogen and oxygen atoms in total. The summed E-state index contributed by atoms with van der Waals surface area (Å²) < 4.78 is 5.40. The van der Waals surface area contributed by atoms with E-state index in [0.717, 1.165) is 25.2 Å². The van der Waals surface area contributed by atoms with Gasteiger partial charge in [-0.15, -0.1) is 0 Å². The van der Waals surface area contributed by atoms with Crippen molar-refractivity contribution in [3.05, 3.63) is 0 Å². The maximum Gasteiger partial charge on any atom is 0.184 e. The first kappa shape index (κ1) is 10.7. The van der Waals surface area contributed by atoms with Crippen molar-refractivity contribution in [2.75, 3.05) is 6.61 Å². The number of carbonyl (C=O) groups is 1. The van der Waals surface area contributed by atoms with Crippen LogP contribution in [-0.2, 0) is 9.53 Å². The molecule has 0 fully saturated rings. The van der Waals surface area contributed by atoms with Crippen molar-refractivity contribution in [2.24, 2.45) is 16.8 Å². The highest BCUT2D eigenvalue weighted by Crippen LogP contribution is 2.29. The molecule has 0 aromatic carbocycles. The molecule has 0 saturated carbocycles. The van der Waals surface area contributed by atoms with Crippen LogP contribution in [0, 0.1) is 11.8 Å². The van der Waals surface area contributed by atoms with Crippen LogP contribution < -0.4 is 0 Å². The topological polar surface area (TPSA) is 38.7 Å². The molecule has 0 radical (unpaired) electrons. The number of rotatable bonds is 2. The largest absolute Gasteiger partial charge is 0.478 e. The molecule has 2 aliphatic rings. The summed E-state index contributed by atoms with van der Waals surface area (Å²) in [5, 5.41) is 0. The molecule has 0 saturated heterocycles. The van der Waals surface area contributed by atoms with E-state index in [1.807, 2.05) is 0 Å². The minimum Gasteiger partial charge on any atom is -0.478 e. The Morgan fingerprint density at radius 2 is 2.40 bits per heavy atom. The third kappa shape index (κ3) is 2.21. The van der Waals surface area contributed by atoms with Gasteiger partial charge in [0.15, 0.2) is 11.7 Å². The molecule has 84 valence electrons. The Balaban J connectivity index is 2.08. The second-order valence-electron chi connectivity index (χ2n) is 4.70. The molecule has 2 rings (SSSR count). The Kier molecular flexibility index (Phi) is 3.08. The summed E-state index contributed by atoms with van der Waals surface area (Å²) in [5.74, 6) is 2.24. The van der Waals surface area contributed by atoms with E-state index >= 15 is 0 Å². The smallest absolute Gasteiger partial charge is 0.184 e. The number of Topliss-reactive ketones (excluding diaryl/α,β-unsaturated/α-hetero) is 1. The lowest BCUT2D eigenvalue weighted by molar-refractivity contribution is -0.121. The molecular formula is C12H19NO2. The number of hydrogen-bond donors (Lipinski definition) is 0. The highest BCUT2D eigenvalue weighted by atomic mass is 16.5. The standard InChI is InChI=1S/C12H19NO2/c1-3-8(2)9-4-5-12-13-10(7-15-12)11(14)6-9/h8-10H,3-7H2,1-2H3. The number of aliphatic imine (C=N–C) groups is 1. The van der Waals surface area contributed by atoms with Gasteiger partial charge in [-0.1, -0.05) is 20.3 Å². The summed E-state index contributed by atoms with van der Waals surface area (Å²) in [7, 11) is 0. The third-order valence-electron chi connectivity index (χ3n) is 3.72. The van der Waals surface area contributed by atoms with Crippen LogP contribution >= 0.6 is 0 Å². The third-order valence-corrected chi connectivity index (χ3v) is 3.72. The lowest BCUT2D eigenvalue weighted by Gasteiger charge is -2.23. The molecular weight excluding hydrogens is 190 g/mol. The van der Waals surface area contributed by atoms with E-state index in [1.165, 1.54) is 0 Å². The fourth-order valence-electron chi connectivity index (χ4n) is 2.35. The normalized spacial score (nSPS) is 32.7. The lowest BCUT2D eigenvalue weighted by Crippen LogP contribution is -2.25. The molecule has 0 aromatic heterocycles. The predicted molar refractivity (Wildman–Crippen MR) is 59.0 cm³/mol. The van der Waals surface area contributed by atoms with Crippen LogP contribution in [0.4, 0.5) is 0 Å². The number of nitrogens with zero attached hydrogens (tertiary/aromatic N) is 1. The minimum absolute atomic E-state index is 0.188. The van der Waals surface area contributed by atoms with E-state index in [0.29, 0.717) is 24.9 Å². The van der Waals surface area contributed by atoms with Crippen molar-refractivity contribution in [3.8, 4) is 0 Å². The fraction of sp³-hybridized carbons (Fsp3) is 0.833. The number of ketones is 1. The van der Waals surface area contributed by atoms with Crippen molar-refractivity contribution in [1.82, 2.24) is 0 Å². The van der Waals surface area contributed by atoms with Gasteiger partial charge in [0.25, 0.3) is 0 Å². The zero-order chi connectivity index (χ0) is 10.8. The zero-order valence-corrected chi connectivity index (χ0v) is 9.53. The number of carbonyl (C=O) groups excluding carboxylic acids is 1. The van der Waals surface area contributed by atoms with Gasteiger partial charge in [-0.2, -0.15) is 0 Å². The average molecular weight is 209 g/mol. The fourth-order valence-corrected chi connectivity index (χ4v) is 2.35. The summed E-state index contributed by atoms with van der Waals surface area (Å²) in [6.07, 6.45) is 3.81. The van der Waals surface area contributed by atoms with Gasteiger partial charge in [-0.25, -0.2) is 4.99 Å². The Bertz CT molecular complexity index is 285. The lowest BCUT2D eigenvalue weighted by atomic mass is 9.83. The Hall–Kier alpha value is -0.860. The molecule has 15 heavy (non-hydrogen) atoms. The van der Waals surface area contributed by atoms with Crippen LogP contribution in [-0.4, -0.2) is 24.3 Å². The minimum atomic E-state index is -0.188. The molecule has 2 bridgehead atoms. The van der Waals surface area contributed by atoms with Gasteiger partial charge < -0.3 is 4.74 Å². The molecule has 0 aliphatic carbocycles. The summed E-state index contributed by atoms with van der Waals surface area (Å²) in [6.45, 7) is 4.92. The van der Waals surface area contributed by atoms with Crippen LogP contribution in [0.25, 0.3) is 0 Å². The number of ether oxygens (including phenoxy) is 1. The number of fused-ring (bicyclic) bond motifs is 1.